The second kappa shape index (κ2) is 5.57. The van der Waals surface area contributed by atoms with Crippen LogP contribution >= 0.6 is 0 Å². The number of nitrogens with one attached hydrogen (secondary N) is 1. The number of hydrogen-bond donors (Lipinski definition) is 1. The summed E-state index contributed by atoms with van der Waals surface area (Å²) in [5.74, 6) is 0. The minimum Gasteiger partial charge on any atom is -0.311 e. The first-order valence-electron chi connectivity index (χ1n) is 6.14. The first-order valence-corrected chi connectivity index (χ1v) is 6.14. The quantitative estimate of drug-likeness (QED) is 0.846. The molecule has 0 saturated carbocycles. The molecule has 0 aromatic heterocycles. The molecule has 1 aliphatic rings. The van der Waals surface area contributed by atoms with Gasteiger partial charge in [0.2, 0.25) is 0 Å². The lowest BCUT2D eigenvalue weighted by atomic mass is 10.0. The summed E-state index contributed by atoms with van der Waals surface area (Å²) in [5, 5.41) is 3.33. The Morgan fingerprint density at radius 2 is 2.06 bits per heavy atom. The Hall–Kier alpha value is -1.29. The van der Waals surface area contributed by atoms with Crippen LogP contribution in [0.15, 0.2) is 30.3 Å². The second-order valence-corrected chi connectivity index (χ2v) is 4.54. The number of rotatable bonds is 2. The van der Waals surface area contributed by atoms with Gasteiger partial charge in [-0.2, -0.15) is 13.2 Å². The van der Waals surface area contributed by atoms with Crippen molar-refractivity contribution in [2.24, 2.45) is 0 Å². The van der Waals surface area contributed by atoms with Gasteiger partial charge in [-0.3, -0.25) is 0 Å². The van der Waals surface area contributed by atoms with Gasteiger partial charge in [0.1, 0.15) is 0 Å². The summed E-state index contributed by atoms with van der Waals surface area (Å²) in [6.07, 6.45) is 2.84. The second-order valence-electron chi connectivity index (χ2n) is 4.54. The van der Waals surface area contributed by atoms with Gasteiger partial charge in [0.25, 0.3) is 0 Å². The maximum Gasteiger partial charge on any atom is 0.416 e. The predicted molar refractivity (Wildman–Crippen MR) is 66.1 cm³/mol. The fourth-order valence-electron chi connectivity index (χ4n) is 2.09. The molecule has 0 bridgehead atoms. The van der Waals surface area contributed by atoms with Gasteiger partial charge in [-0.05, 0) is 37.1 Å². The number of halogens is 3. The zero-order valence-corrected chi connectivity index (χ0v) is 10.0. The van der Waals surface area contributed by atoms with Crippen LogP contribution in [-0.4, -0.2) is 12.6 Å². The smallest absolute Gasteiger partial charge is 0.311 e. The van der Waals surface area contributed by atoms with Crippen molar-refractivity contribution in [3.8, 4) is 0 Å². The van der Waals surface area contributed by atoms with Crippen LogP contribution in [0.3, 0.4) is 0 Å². The van der Waals surface area contributed by atoms with Crippen LogP contribution < -0.4 is 5.32 Å². The molecule has 0 radical (unpaired) electrons. The molecule has 1 aliphatic heterocycles. The van der Waals surface area contributed by atoms with Crippen molar-refractivity contribution in [2.75, 3.05) is 6.54 Å². The van der Waals surface area contributed by atoms with E-state index in [0.29, 0.717) is 5.56 Å². The summed E-state index contributed by atoms with van der Waals surface area (Å²) in [4.78, 5) is 0. The van der Waals surface area contributed by atoms with E-state index in [1.807, 2.05) is 6.08 Å². The number of piperidine rings is 1. The Labute approximate surface area is 105 Å². The largest absolute Gasteiger partial charge is 0.416 e. The lowest BCUT2D eigenvalue weighted by Gasteiger charge is -2.20. The van der Waals surface area contributed by atoms with Gasteiger partial charge in [-0.15, -0.1) is 0 Å². The molecule has 1 heterocycles. The maximum atomic E-state index is 12.5. The van der Waals surface area contributed by atoms with Crippen LogP contribution in [0, 0.1) is 0 Å². The van der Waals surface area contributed by atoms with Crippen molar-refractivity contribution in [3.63, 3.8) is 0 Å². The Bertz CT molecular complexity index is 417. The maximum absolute atomic E-state index is 12.5. The molecule has 4 heteroatoms. The van der Waals surface area contributed by atoms with E-state index in [1.54, 1.807) is 12.1 Å². The lowest BCUT2D eigenvalue weighted by Crippen LogP contribution is -2.31. The van der Waals surface area contributed by atoms with Crippen LogP contribution in [0.4, 0.5) is 13.2 Å². The lowest BCUT2D eigenvalue weighted by molar-refractivity contribution is -0.137. The zero-order chi connectivity index (χ0) is 13.0. The summed E-state index contributed by atoms with van der Waals surface area (Å²) in [5.41, 5.74) is -0.00143. The first-order chi connectivity index (χ1) is 8.55. The van der Waals surface area contributed by atoms with E-state index in [9.17, 15) is 13.2 Å². The van der Waals surface area contributed by atoms with E-state index in [0.717, 1.165) is 19.0 Å². The summed E-state index contributed by atoms with van der Waals surface area (Å²) in [6.45, 7) is 0.984. The van der Waals surface area contributed by atoms with Gasteiger partial charge in [0, 0.05) is 6.04 Å². The Morgan fingerprint density at radius 1 is 1.22 bits per heavy atom. The van der Waals surface area contributed by atoms with Crippen molar-refractivity contribution in [1.82, 2.24) is 5.32 Å². The number of benzene rings is 1. The van der Waals surface area contributed by atoms with E-state index in [-0.39, 0.29) is 6.04 Å². The Kier molecular flexibility index (Phi) is 4.07. The molecular formula is C14H16F3N. The molecule has 1 atom stereocenters. The summed E-state index contributed by atoms with van der Waals surface area (Å²) < 4.78 is 37.6. The van der Waals surface area contributed by atoms with E-state index in [2.05, 4.69) is 5.32 Å². The third kappa shape index (κ3) is 3.60. The van der Waals surface area contributed by atoms with Crippen LogP contribution in [0.1, 0.15) is 30.4 Å². The van der Waals surface area contributed by atoms with Gasteiger partial charge >= 0.3 is 6.18 Å². The van der Waals surface area contributed by atoms with Gasteiger partial charge in [0.05, 0.1) is 5.56 Å². The molecule has 98 valence electrons. The van der Waals surface area contributed by atoms with Gasteiger partial charge in [-0.25, -0.2) is 0 Å². The molecule has 1 saturated heterocycles. The molecule has 1 nitrogen and oxygen atoms in total. The van der Waals surface area contributed by atoms with Gasteiger partial charge < -0.3 is 5.32 Å². The zero-order valence-electron chi connectivity index (χ0n) is 10.0. The molecule has 18 heavy (non-hydrogen) atoms. The fraction of sp³-hybridized carbons (Fsp3) is 0.429. The molecule has 1 aromatic carbocycles. The van der Waals surface area contributed by atoms with Crippen molar-refractivity contribution in [2.45, 2.75) is 31.5 Å². The predicted octanol–water partition coefficient (Wildman–Crippen LogP) is 3.86. The highest BCUT2D eigenvalue weighted by molar-refractivity contribution is 5.51. The minimum absolute atomic E-state index is 0.285. The fourth-order valence-corrected chi connectivity index (χ4v) is 2.09. The summed E-state index contributed by atoms with van der Waals surface area (Å²) >= 11 is 0. The third-order valence-corrected chi connectivity index (χ3v) is 3.08. The first kappa shape index (κ1) is 13.1. The topological polar surface area (TPSA) is 12.0 Å². The monoisotopic (exact) mass is 255 g/mol. The van der Waals surface area contributed by atoms with Crippen LogP contribution in [0.5, 0.6) is 0 Å². The standard InChI is InChI=1S/C14H16F3N/c15-14(16,17)12-5-3-4-11(10-12)7-8-13-6-1-2-9-18-13/h3-5,7-8,10,13,18H,1-2,6,9H2/b8-7+. The normalized spacial score (nSPS) is 21.4. The highest BCUT2D eigenvalue weighted by Crippen LogP contribution is 2.29. The number of hydrogen-bond acceptors (Lipinski definition) is 1. The minimum atomic E-state index is -4.27. The van der Waals surface area contributed by atoms with Gasteiger partial charge in [0.15, 0.2) is 0 Å². The van der Waals surface area contributed by atoms with Crippen molar-refractivity contribution in [1.29, 1.82) is 0 Å². The molecule has 0 spiro atoms. The van der Waals surface area contributed by atoms with Crippen molar-refractivity contribution >= 4 is 6.08 Å². The molecule has 2 rings (SSSR count). The molecule has 0 amide bonds. The summed E-state index contributed by atoms with van der Waals surface area (Å²) in [7, 11) is 0. The van der Waals surface area contributed by atoms with Gasteiger partial charge in [-0.1, -0.05) is 30.7 Å². The molecule has 1 aromatic rings. The van der Waals surface area contributed by atoms with E-state index >= 15 is 0 Å². The molecule has 1 unspecified atom stereocenters. The van der Waals surface area contributed by atoms with E-state index in [1.165, 1.54) is 25.0 Å². The third-order valence-electron chi connectivity index (χ3n) is 3.08. The Morgan fingerprint density at radius 3 is 2.72 bits per heavy atom. The van der Waals surface area contributed by atoms with Crippen molar-refractivity contribution < 1.29 is 13.2 Å². The molecule has 0 aliphatic carbocycles. The molecular weight excluding hydrogens is 239 g/mol. The van der Waals surface area contributed by atoms with E-state index in [4.69, 9.17) is 0 Å². The average Bonchev–Trinajstić information content (AvgIpc) is 2.37. The highest BCUT2D eigenvalue weighted by Gasteiger charge is 2.30. The average molecular weight is 255 g/mol. The SMILES string of the molecule is FC(F)(F)c1cccc(/C=C/C2CCCCN2)c1. The highest BCUT2D eigenvalue weighted by atomic mass is 19.4. The van der Waals surface area contributed by atoms with Crippen LogP contribution in [0.25, 0.3) is 6.08 Å². The van der Waals surface area contributed by atoms with Crippen LogP contribution in [-0.2, 0) is 6.18 Å². The Balaban J connectivity index is 2.07. The number of alkyl halides is 3. The van der Waals surface area contributed by atoms with Crippen molar-refractivity contribution in [3.05, 3.63) is 41.5 Å². The van der Waals surface area contributed by atoms with E-state index < -0.39 is 11.7 Å². The molecule has 1 N–H and O–H groups in total. The summed E-state index contributed by atoms with van der Waals surface area (Å²) in [6, 6.07) is 5.69. The van der Waals surface area contributed by atoms with Crippen LogP contribution in [0.2, 0.25) is 0 Å². The molecule has 1 fully saturated rings.